The van der Waals surface area contributed by atoms with E-state index in [0.717, 1.165) is 16.7 Å². The normalized spacial score (nSPS) is 23.6. The molecule has 0 saturated carbocycles. The van der Waals surface area contributed by atoms with Crippen LogP contribution in [0.25, 0.3) is 0 Å². The summed E-state index contributed by atoms with van der Waals surface area (Å²) in [5.41, 5.74) is -1.28. The molecule has 1 saturated heterocycles. The molecule has 0 spiro atoms. The molecule has 13 heteroatoms. The van der Waals surface area contributed by atoms with E-state index in [1.807, 2.05) is 11.4 Å². The minimum atomic E-state index is -4.99. The molecule has 2 atom stereocenters. The Balaban J connectivity index is 0.00000300. The number of carbonyl (C=O) groups is 3. The number of amides is 2. The van der Waals surface area contributed by atoms with Gasteiger partial charge in [0.25, 0.3) is 5.91 Å². The second kappa shape index (κ2) is 9.08. The van der Waals surface area contributed by atoms with Gasteiger partial charge in [0.2, 0.25) is 5.91 Å². The average molecular weight is 469 g/mol. The maximum absolute atomic E-state index is 12.8. The Morgan fingerprint density at radius 2 is 2.14 bits per heavy atom. The van der Waals surface area contributed by atoms with Crippen LogP contribution in [0.2, 0.25) is 0 Å². The molecule has 1 aromatic rings. The molecular weight excluding hydrogens is 451 g/mol. The van der Waals surface area contributed by atoms with E-state index in [1.54, 1.807) is 6.07 Å². The van der Waals surface area contributed by atoms with Gasteiger partial charge in [-0.1, -0.05) is 6.07 Å². The number of hydrogen-bond donors (Lipinski definition) is 1. The number of thiophene rings is 1. The fraction of sp³-hybridized carbons (Fsp3) is 0.438. The van der Waals surface area contributed by atoms with Crippen LogP contribution in [0.15, 0.2) is 28.1 Å². The first-order valence-corrected chi connectivity index (χ1v) is 11.5. The van der Waals surface area contributed by atoms with Crippen LogP contribution in [0.1, 0.15) is 18.7 Å². The van der Waals surface area contributed by atoms with Gasteiger partial charge in [0.1, 0.15) is 32.7 Å². The summed E-state index contributed by atoms with van der Waals surface area (Å²) in [6.45, 7) is 2.26. The molecule has 0 radical (unpaired) electrons. The predicted molar refractivity (Wildman–Crippen MR) is 101 cm³/mol. The Bertz CT molecular complexity index is 961. The standard InChI is InChI=1S/C16H18N2O7S3.Na/c1-9(19)25-7-10-8-27-15-16(2,14(21)18(15)13(10)28(22,23)24)17-12(20)6-11-4-3-5-26-11;/h3-5,15H,6-8H2,1-2H3,(H,17,20)(H,22,23,24);/q;+1/p-1/t15-,16-;/m0./s1. The number of β-lactam (4-membered cyclic amide) rings is 1. The summed E-state index contributed by atoms with van der Waals surface area (Å²) in [4.78, 5) is 37.8. The van der Waals surface area contributed by atoms with Gasteiger partial charge in [-0.05, 0) is 18.4 Å². The zero-order valence-electron chi connectivity index (χ0n) is 16.0. The molecule has 1 N–H and O–H groups in total. The van der Waals surface area contributed by atoms with Crippen molar-refractivity contribution in [3.63, 3.8) is 0 Å². The van der Waals surface area contributed by atoms with Crippen molar-refractivity contribution >= 4 is 51.0 Å². The van der Waals surface area contributed by atoms with Gasteiger partial charge in [-0.25, -0.2) is 8.42 Å². The summed E-state index contributed by atoms with van der Waals surface area (Å²) >= 11 is 2.60. The largest absolute Gasteiger partial charge is 1.00 e. The number of nitrogens with one attached hydrogen (secondary N) is 1. The molecule has 152 valence electrons. The van der Waals surface area contributed by atoms with Crippen LogP contribution < -0.4 is 34.9 Å². The van der Waals surface area contributed by atoms with E-state index >= 15 is 0 Å². The fourth-order valence-electron chi connectivity index (χ4n) is 3.12. The number of esters is 1. The monoisotopic (exact) mass is 468 g/mol. The molecule has 2 aliphatic rings. The summed E-state index contributed by atoms with van der Waals surface area (Å²) in [5, 5.41) is 3.07. The van der Waals surface area contributed by atoms with Crippen molar-refractivity contribution in [3.8, 4) is 0 Å². The molecule has 1 aromatic heterocycles. The van der Waals surface area contributed by atoms with Crippen LogP contribution in [0.3, 0.4) is 0 Å². The van der Waals surface area contributed by atoms with E-state index in [1.165, 1.54) is 30.0 Å². The van der Waals surface area contributed by atoms with E-state index in [-0.39, 0.29) is 53.2 Å². The smallest absolute Gasteiger partial charge is 0.743 e. The van der Waals surface area contributed by atoms with Gasteiger partial charge >= 0.3 is 35.5 Å². The van der Waals surface area contributed by atoms with Crippen LogP contribution in [0.4, 0.5) is 0 Å². The van der Waals surface area contributed by atoms with Gasteiger partial charge in [0.05, 0.1) is 6.42 Å². The van der Waals surface area contributed by atoms with Gasteiger partial charge in [0.15, 0.2) is 0 Å². The number of thioether (sulfide) groups is 1. The minimum Gasteiger partial charge on any atom is -0.743 e. The molecule has 3 rings (SSSR count). The Kier molecular flexibility index (Phi) is 7.64. The summed E-state index contributed by atoms with van der Waals surface area (Å²) in [5.74, 6) is -1.63. The zero-order chi connectivity index (χ0) is 20.7. The SMILES string of the molecule is CC(=O)OCC1=C(S(=O)(=O)[O-])N2C(=O)[C@](C)(NC(=O)Cc3cccs3)[C@@H]2SC1.[Na+]. The Morgan fingerprint density at radius 1 is 1.45 bits per heavy atom. The minimum absolute atomic E-state index is 0. The number of carbonyl (C=O) groups excluding carboxylic acids is 3. The molecule has 0 aromatic carbocycles. The third kappa shape index (κ3) is 4.89. The molecule has 29 heavy (non-hydrogen) atoms. The van der Waals surface area contributed by atoms with Crippen molar-refractivity contribution in [1.82, 2.24) is 10.2 Å². The quantitative estimate of drug-likeness (QED) is 0.208. The second-order valence-electron chi connectivity index (χ2n) is 6.49. The van der Waals surface area contributed by atoms with E-state index in [4.69, 9.17) is 4.74 Å². The molecule has 2 aliphatic heterocycles. The van der Waals surface area contributed by atoms with Crippen LogP contribution in [0.5, 0.6) is 0 Å². The summed E-state index contributed by atoms with van der Waals surface area (Å²) in [7, 11) is -4.99. The maximum atomic E-state index is 12.8. The van der Waals surface area contributed by atoms with E-state index in [2.05, 4.69) is 5.32 Å². The van der Waals surface area contributed by atoms with Crippen LogP contribution in [-0.4, -0.2) is 58.9 Å². The third-order valence-corrected chi connectivity index (χ3v) is 7.68. The summed E-state index contributed by atoms with van der Waals surface area (Å²) < 4.78 is 40.1. The van der Waals surface area contributed by atoms with Gasteiger partial charge < -0.3 is 14.6 Å². The number of rotatable bonds is 6. The Labute approximate surface area is 198 Å². The summed E-state index contributed by atoms with van der Waals surface area (Å²) in [6.07, 6.45) is 0.0954. The zero-order valence-corrected chi connectivity index (χ0v) is 20.4. The molecule has 1 fully saturated rings. The first-order valence-electron chi connectivity index (χ1n) is 8.14. The van der Waals surface area contributed by atoms with Crippen molar-refractivity contribution in [2.75, 3.05) is 12.4 Å². The third-order valence-electron chi connectivity index (χ3n) is 4.33. The molecule has 0 unspecified atom stereocenters. The number of nitrogens with zero attached hydrogens (tertiary/aromatic N) is 1. The van der Waals surface area contributed by atoms with Crippen molar-refractivity contribution in [2.24, 2.45) is 0 Å². The number of hydrogen-bond acceptors (Lipinski definition) is 9. The topological polar surface area (TPSA) is 133 Å². The van der Waals surface area contributed by atoms with Gasteiger partial charge in [-0.2, -0.15) is 0 Å². The van der Waals surface area contributed by atoms with Crippen LogP contribution >= 0.6 is 23.1 Å². The van der Waals surface area contributed by atoms with Crippen molar-refractivity contribution in [3.05, 3.63) is 33.0 Å². The molecule has 9 nitrogen and oxygen atoms in total. The predicted octanol–water partition coefficient (Wildman–Crippen LogP) is -2.60. The fourth-order valence-corrected chi connectivity index (χ4v) is 6.31. The Hall–Kier alpha value is -0.890. The first kappa shape index (κ1) is 24.4. The number of fused-ring (bicyclic) bond motifs is 1. The van der Waals surface area contributed by atoms with E-state index in [0.29, 0.717) is 0 Å². The first-order chi connectivity index (χ1) is 13.0. The average Bonchev–Trinajstić information content (AvgIpc) is 3.10. The maximum Gasteiger partial charge on any atom is 1.00 e. The van der Waals surface area contributed by atoms with Gasteiger partial charge in [0, 0.05) is 23.1 Å². The number of ether oxygens (including phenoxy) is 1. The van der Waals surface area contributed by atoms with Crippen molar-refractivity contribution in [2.45, 2.75) is 31.2 Å². The van der Waals surface area contributed by atoms with E-state index < -0.39 is 44.5 Å². The van der Waals surface area contributed by atoms with Crippen molar-refractivity contribution < 1.29 is 61.6 Å². The molecule has 0 aliphatic carbocycles. The molecule has 0 bridgehead atoms. The van der Waals surface area contributed by atoms with E-state index in [9.17, 15) is 27.4 Å². The van der Waals surface area contributed by atoms with Crippen LogP contribution in [-0.2, 0) is 35.7 Å². The molecule has 3 heterocycles. The molecule has 2 amide bonds. The second-order valence-corrected chi connectivity index (χ2v) is 9.88. The summed E-state index contributed by atoms with van der Waals surface area (Å²) in [6, 6.07) is 3.60. The Morgan fingerprint density at radius 3 is 2.69 bits per heavy atom. The van der Waals surface area contributed by atoms with Gasteiger partial charge in [-0.15, -0.1) is 23.1 Å². The van der Waals surface area contributed by atoms with Crippen LogP contribution in [0, 0.1) is 0 Å². The molecular formula is C16H17N2NaO7S3. The van der Waals surface area contributed by atoms with Gasteiger partial charge in [-0.3, -0.25) is 19.3 Å². The van der Waals surface area contributed by atoms with Crippen molar-refractivity contribution in [1.29, 1.82) is 0 Å².